The second-order valence-electron chi connectivity index (χ2n) is 4.74. The van der Waals surface area contributed by atoms with Gasteiger partial charge in [-0.3, -0.25) is 0 Å². The molecule has 2 heterocycles. The molecular weight excluding hydrogens is 212 g/mol. The minimum Gasteiger partial charge on any atom is -0.337 e. The van der Waals surface area contributed by atoms with Crippen molar-refractivity contribution >= 4 is 5.95 Å². The Morgan fingerprint density at radius 1 is 1.35 bits per heavy atom. The molecule has 0 aromatic carbocycles. The number of aryl methyl sites for hydroxylation is 2. The molecule has 0 spiro atoms. The maximum Gasteiger partial charge on any atom is 0.226 e. The van der Waals surface area contributed by atoms with Crippen LogP contribution in [-0.2, 0) is 0 Å². The smallest absolute Gasteiger partial charge is 0.226 e. The summed E-state index contributed by atoms with van der Waals surface area (Å²) in [5, 5.41) is 3.45. The zero-order valence-electron chi connectivity index (χ0n) is 11.0. The van der Waals surface area contributed by atoms with E-state index in [9.17, 15) is 0 Å². The number of hydrogen-bond donors (Lipinski definition) is 1. The summed E-state index contributed by atoms with van der Waals surface area (Å²) in [6.07, 6.45) is 2.48. The van der Waals surface area contributed by atoms with Crippen LogP contribution in [0.1, 0.15) is 31.2 Å². The monoisotopic (exact) mass is 234 g/mol. The molecule has 2 rings (SSSR count). The number of rotatable bonds is 3. The second kappa shape index (κ2) is 5.45. The van der Waals surface area contributed by atoms with Crippen molar-refractivity contribution in [3.8, 4) is 0 Å². The lowest BCUT2D eigenvalue weighted by Crippen LogP contribution is -2.46. The fourth-order valence-corrected chi connectivity index (χ4v) is 2.50. The molecule has 4 heteroatoms. The van der Waals surface area contributed by atoms with Crippen molar-refractivity contribution in [2.24, 2.45) is 0 Å². The molecule has 1 aromatic heterocycles. The van der Waals surface area contributed by atoms with Gasteiger partial charge in [0, 0.05) is 30.5 Å². The molecule has 0 aliphatic carbocycles. The summed E-state index contributed by atoms with van der Waals surface area (Å²) in [4.78, 5) is 11.5. The van der Waals surface area contributed by atoms with Crippen LogP contribution in [0.2, 0.25) is 0 Å². The largest absolute Gasteiger partial charge is 0.337 e. The molecule has 4 nitrogen and oxygen atoms in total. The first kappa shape index (κ1) is 12.3. The molecule has 1 aromatic rings. The molecule has 0 amide bonds. The molecule has 0 bridgehead atoms. The van der Waals surface area contributed by atoms with Crippen LogP contribution in [0, 0.1) is 13.8 Å². The minimum absolute atomic E-state index is 0.537. The van der Waals surface area contributed by atoms with E-state index < -0.39 is 0 Å². The van der Waals surface area contributed by atoms with E-state index in [1.54, 1.807) is 0 Å². The average molecular weight is 234 g/mol. The molecule has 1 fully saturated rings. The van der Waals surface area contributed by atoms with E-state index in [1.807, 2.05) is 19.9 Å². The molecule has 1 atom stereocenters. The third-order valence-electron chi connectivity index (χ3n) is 3.28. The van der Waals surface area contributed by atoms with Gasteiger partial charge in [-0.1, -0.05) is 0 Å². The SMILES string of the molecule is CCN(c1nc(C)cc(C)n1)C1CCCNC1. The second-order valence-corrected chi connectivity index (χ2v) is 4.74. The maximum absolute atomic E-state index is 4.57. The first-order valence-electron chi connectivity index (χ1n) is 6.50. The van der Waals surface area contributed by atoms with Gasteiger partial charge in [-0.05, 0) is 46.2 Å². The van der Waals surface area contributed by atoms with Crippen molar-refractivity contribution in [3.05, 3.63) is 17.5 Å². The van der Waals surface area contributed by atoms with Crippen LogP contribution < -0.4 is 10.2 Å². The zero-order chi connectivity index (χ0) is 12.3. The van der Waals surface area contributed by atoms with Crippen molar-refractivity contribution in [2.75, 3.05) is 24.5 Å². The van der Waals surface area contributed by atoms with Crippen LogP contribution in [-0.4, -0.2) is 35.6 Å². The summed E-state index contributed by atoms with van der Waals surface area (Å²) >= 11 is 0. The van der Waals surface area contributed by atoms with Crippen LogP contribution in [0.4, 0.5) is 5.95 Å². The minimum atomic E-state index is 0.537. The summed E-state index contributed by atoms with van der Waals surface area (Å²) in [5.74, 6) is 0.888. The van der Waals surface area contributed by atoms with Gasteiger partial charge < -0.3 is 10.2 Å². The molecule has 1 aliphatic rings. The Labute approximate surface area is 103 Å². The Kier molecular flexibility index (Phi) is 3.94. The Bertz CT molecular complexity index is 351. The van der Waals surface area contributed by atoms with Crippen molar-refractivity contribution in [1.29, 1.82) is 0 Å². The number of nitrogens with zero attached hydrogens (tertiary/aromatic N) is 3. The van der Waals surface area contributed by atoms with Crippen LogP contribution >= 0.6 is 0 Å². The van der Waals surface area contributed by atoms with Crippen molar-refractivity contribution < 1.29 is 0 Å². The number of anilines is 1. The molecule has 17 heavy (non-hydrogen) atoms. The van der Waals surface area contributed by atoms with Crippen molar-refractivity contribution in [3.63, 3.8) is 0 Å². The van der Waals surface area contributed by atoms with Crippen LogP contribution in [0.3, 0.4) is 0 Å². The van der Waals surface area contributed by atoms with E-state index in [0.29, 0.717) is 6.04 Å². The third kappa shape index (κ3) is 2.94. The molecule has 1 unspecified atom stereocenters. The summed E-state index contributed by atoms with van der Waals surface area (Å²) in [5.41, 5.74) is 2.10. The van der Waals surface area contributed by atoms with Crippen molar-refractivity contribution in [2.45, 2.75) is 39.7 Å². The standard InChI is InChI=1S/C13H22N4/c1-4-17(12-6-5-7-14-9-12)13-15-10(2)8-11(3)16-13/h8,12,14H,4-7,9H2,1-3H3. The summed E-state index contributed by atoms with van der Waals surface area (Å²) < 4.78 is 0. The van der Waals surface area contributed by atoms with E-state index in [4.69, 9.17) is 0 Å². The van der Waals surface area contributed by atoms with E-state index in [-0.39, 0.29) is 0 Å². The first-order valence-corrected chi connectivity index (χ1v) is 6.50. The number of hydrogen-bond acceptors (Lipinski definition) is 4. The van der Waals surface area contributed by atoms with Crippen LogP contribution in [0.5, 0.6) is 0 Å². The van der Waals surface area contributed by atoms with Gasteiger partial charge in [0.2, 0.25) is 5.95 Å². The fraction of sp³-hybridized carbons (Fsp3) is 0.692. The van der Waals surface area contributed by atoms with Gasteiger partial charge in [0.1, 0.15) is 0 Å². The molecule has 1 saturated heterocycles. The summed E-state index contributed by atoms with van der Waals surface area (Å²) in [7, 11) is 0. The highest BCUT2D eigenvalue weighted by Gasteiger charge is 2.21. The average Bonchev–Trinajstić information content (AvgIpc) is 2.30. The summed E-state index contributed by atoms with van der Waals surface area (Å²) in [6, 6.07) is 2.56. The maximum atomic E-state index is 4.57. The van der Waals surface area contributed by atoms with E-state index in [0.717, 1.165) is 37.0 Å². The predicted molar refractivity (Wildman–Crippen MR) is 70.4 cm³/mol. The van der Waals surface area contributed by atoms with Crippen molar-refractivity contribution in [1.82, 2.24) is 15.3 Å². The van der Waals surface area contributed by atoms with Gasteiger partial charge in [0.05, 0.1) is 0 Å². The van der Waals surface area contributed by atoms with E-state index in [1.165, 1.54) is 12.8 Å². The zero-order valence-corrected chi connectivity index (χ0v) is 11.0. The topological polar surface area (TPSA) is 41.1 Å². The number of nitrogens with one attached hydrogen (secondary N) is 1. The number of likely N-dealkylation sites (N-methyl/N-ethyl adjacent to an activating group) is 1. The van der Waals surface area contributed by atoms with Gasteiger partial charge >= 0.3 is 0 Å². The fourth-order valence-electron chi connectivity index (χ4n) is 2.50. The van der Waals surface area contributed by atoms with Crippen LogP contribution in [0.25, 0.3) is 0 Å². The third-order valence-corrected chi connectivity index (χ3v) is 3.28. The number of piperidine rings is 1. The Morgan fingerprint density at radius 2 is 2.06 bits per heavy atom. The molecule has 1 aliphatic heterocycles. The Hall–Kier alpha value is -1.16. The first-order chi connectivity index (χ1) is 8.20. The van der Waals surface area contributed by atoms with Gasteiger partial charge in [0.25, 0.3) is 0 Å². The summed E-state index contributed by atoms with van der Waals surface area (Å²) in [6.45, 7) is 9.40. The van der Waals surface area contributed by atoms with Gasteiger partial charge in [-0.2, -0.15) is 0 Å². The molecular formula is C13H22N4. The normalized spacial score (nSPS) is 20.3. The molecule has 0 saturated carbocycles. The number of aromatic nitrogens is 2. The van der Waals surface area contributed by atoms with Gasteiger partial charge in [-0.25, -0.2) is 9.97 Å². The van der Waals surface area contributed by atoms with Gasteiger partial charge in [-0.15, -0.1) is 0 Å². The van der Waals surface area contributed by atoms with Gasteiger partial charge in [0.15, 0.2) is 0 Å². The Balaban J connectivity index is 2.21. The lowest BCUT2D eigenvalue weighted by Gasteiger charge is -2.34. The highest BCUT2D eigenvalue weighted by Crippen LogP contribution is 2.17. The highest BCUT2D eigenvalue weighted by molar-refractivity contribution is 5.34. The lowest BCUT2D eigenvalue weighted by atomic mass is 10.1. The molecule has 94 valence electrons. The highest BCUT2D eigenvalue weighted by atomic mass is 15.3. The van der Waals surface area contributed by atoms with E-state index >= 15 is 0 Å². The lowest BCUT2D eigenvalue weighted by molar-refractivity contribution is 0.431. The quantitative estimate of drug-likeness (QED) is 0.864. The Morgan fingerprint density at radius 3 is 2.59 bits per heavy atom. The molecule has 0 radical (unpaired) electrons. The predicted octanol–water partition coefficient (Wildman–Crippen LogP) is 1.67. The van der Waals surface area contributed by atoms with Crippen LogP contribution in [0.15, 0.2) is 6.07 Å². The molecule has 1 N–H and O–H groups in total. The van der Waals surface area contributed by atoms with E-state index in [2.05, 4.69) is 27.1 Å².